The number of nitrogens with one attached hydrogen (secondary N) is 3. The maximum Gasteiger partial charge on any atom is 0.408 e. The number of carbonyl (C=O) groups excluding carboxylic acids is 7. The van der Waals surface area contributed by atoms with E-state index < -0.39 is 82.5 Å². The maximum atomic E-state index is 14.7. The number of Topliss-reactive ketones (excluding diaryl/α,β-unsaturated/α-hetero) is 3. The van der Waals surface area contributed by atoms with Gasteiger partial charge < -0.3 is 25.4 Å². The minimum Gasteiger partial charge on any atom is -0.460 e. The summed E-state index contributed by atoms with van der Waals surface area (Å²) < 4.78 is 10.3. The van der Waals surface area contributed by atoms with E-state index in [1.54, 1.807) is 41.5 Å². The second-order valence-corrected chi connectivity index (χ2v) is 21.7. The summed E-state index contributed by atoms with van der Waals surface area (Å²) in [4.78, 5) is 97.6. The zero-order valence-electron chi connectivity index (χ0n) is 43.4. The van der Waals surface area contributed by atoms with Gasteiger partial charge in [0.15, 0.2) is 5.78 Å². The van der Waals surface area contributed by atoms with Crippen molar-refractivity contribution in [2.45, 2.75) is 116 Å². The molecule has 0 fully saturated rings. The van der Waals surface area contributed by atoms with Crippen LogP contribution in [0.4, 0.5) is 4.79 Å². The summed E-state index contributed by atoms with van der Waals surface area (Å²) in [5, 5.41) is 8.01. The Balaban J connectivity index is 1.42. The molecule has 0 spiro atoms. The molecule has 3 amide bonds. The minimum atomic E-state index is -1.53. The standard InChI is InChI=1S/C60H71N3O9S/c1-41(34-43-24-14-9-15-25-43)52(65)36-45(35-44-26-16-10-17-27-44)55(68)61-39-51(63-57(70)72-59(6,7)8)56(69)62-50(38-54(67)71-58(3,4)5)53(66)37-46(42(2)64)40-73-60(47-28-18-11-19-29-47,48-30-20-12-21-31-48)49-32-22-13-23-33-49/h9-33,41,45-46,50-51H,34-40H2,1-8H3,(H,61,68)(H,62,69)(H,63,70)/t41-,45+,46-,50-,51-/m0/s1. The van der Waals surface area contributed by atoms with Crippen LogP contribution in [-0.4, -0.2) is 76.8 Å². The Bertz CT molecular complexity index is 2500. The first-order chi connectivity index (χ1) is 34.6. The molecule has 0 aliphatic carbocycles. The van der Waals surface area contributed by atoms with E-state index >= 15 is 0 Å². The predicted molar refractivity (Wildman–Crippen MR) is 287 cm³/mol. The molecule has 12 nitrogen and oxygen atoms in total. The third kappa shape index (κ3) is 18.0. The van der Waals surface area contributed by atoms with Crippen molar-refractivity contribution in [3.8, 4) is 0 Å². The second kappa shape index (κ2) is 26.7. The van der Waals surface area contributed by atoms with Crippen LogP contribution in [0.25, 0.3) is 0 Å². The Morgan fingerprint density at radius 2 is 0.945 bits per heavy atom. The van der Waals surface area contributed by atoms with Crippen LogP contribution in [0.15, 0.2) is 152 Å². The fourth-order valence-electron chi connectivity index (χ4n) is 8.45. The van der Waals surface area contributed by atoms with E-state index in [-0.39, 0.29) is 42.5 Å². The van der Waals surface area contributed by atoms with Gasteiger partial charge in [-0.25, -0.2) is 4.79 Å². The SMILES string of the molecule is CC(=O)[C@H](CSC(c1ccccc1)(c1ccccc1)c1ccccc1)CC(=O)[C@H](CC(=O)OC(C)(C)C)NC(=O)[C@H](CNC(=O)[C@@H](CC(=O)[C@@H](C)Cc1ccccc1)Cc1ccccc1)NC(=O)OC(C)(C)C. The Labute approximate surface area is 435 Å². The normalized spacial score (nSPS) is 13.8. The van der Waals surface area contributed by atoms with E-state index in [1.165, 1.54) is 18.7 Å². The van der Waals surface area contributed by atoms with Crippen molar-refractivity contribution in [2.24, 2.45) is 17.8 Å². The average molecular weight is 1010 g/mol. The molecule has 0 unspecified atom stereocenters. The van der Waals surface area contributed by atoms with Crippen molar-refractivity contribution < 1.29 is 43.0 Å². The van der Waals surface area contributed by atoms with Crippen molar-refractivity contribution in [3.05, 3.63) is 179 Å². The quantitative estimate of drug-likeness (QED) is 0.0377. The molecule has 5 aromatic rings. The number of carbonyl (C=O) groups is 7. The van der Waals surface area contributed by atoms with Crippen LogP contribution >= 0.6 is 11.8 Å². The number of benzene rings is 5. The van der Waals surface area contributed by atoms with Crippen LogP contribution in [-0.2, 0) is 55.8 Å². The number of ketones is 3. The average Bonchev–Trinajstić information content (AvgIpc) is 3.34. The van der Waals surface area contributed by atoms with E-state index in [0.29, 0.717) is 6.42 Å². The lowest BCUT2D eigenvalue weighted by atomic mass is 9.84. The van der Waals surface area contributed by atoms with Gasteiger partial charge in [-0.3, -0.25) is 28.8 Å². The monoisotopic (exact) mass is 1010 g/mol. The molecule has 0 saturated heterocycles. The molecule has 13 heteroatoms. The lowest BCUT2D eigenvalue weighted by Gasteiger charge is -2.36. The molecule has 3 N–H and O–H groups in total. The molecule has 0 aliphatic rings. The third-order valence-corrected chi connectivity index (χ3v) is 13.8. The fraction of sp³-hybridized carbons (Fsp3) is 0.383. The molecule has 0 heterocycles. The van der Waals surface area contributed by atoms with Gasteiger partial charge in [-0.05, 0) is 89.1 Å². The molecule has 0 radical (unpaired) electrons. The molecule has 0 aliphatic heterocycles. The van der Waals surface area contributed by atoms with Crippen LogP contribution in [0.1, 0.15) is 102 Å². The van der Waals surface area contributed by atoms with Crippen LogP contribution in [0, 0.1) is 17.8 Å². The summed E-state index contributed by atoms with van der Waals surface area (Å²) in [5.74, 6) is -5.13. The molecule has 73 heavy (non-hydrogen) atoms. The van der Waals surface area contributed by atoms with Gasteiger partial charge in [0.05, 0.1) is 17.2 Å². The number of esters is 1. The van der Waals surface area contributed by atoms with E-state index in [1.807, 2.05) is 159 Å². The number of amides is 3. The Morgan fingerprint density at radius 3 is 1.40 bits per heavy atom. The fourth-order valence-corrected chi connectivity index (χ4v) is 10.2. The smallest absolute Gasteiger partial charge is 0.408 e. The molecular formula is C60H71N3O9S. The van der Waals surface area contributed by atoms with Gasteiger partial charge in [0, 0.05) is 42.9 Å². The highest BCUT2D eigenvalue weighted by atomic mass is 32.2. The van der Waals surface area contributed by atoms with E-state index in [4.69, 9.17) is 9.47 Å². The highest BCUT2D eigenvalue weighted by Crippen LogP contribution is 2.49. The summed E-state index contributed by atoms with van der Waals surface area (Å²) >= 11 is 1.51. The first-order valence-corrected chi connectivity index (χ1v) is 25.9. The van der Waals surface area contributed by atoms with Gasteiger partial charge in [0.25, 0.3) is 0 Å². The molecule has 0 bridgehead atoms. The summed E-state index contributed by atoms with van der Waals surface area (Å²) in [6.45, 7) is 12.8. The molecule has 386 valence electrons. The highest BCUT2D eigenvalue weighted by Gasteiger charge is 2.40. The molecule has 5 rings (SSSR count). The number of thioether (sulfide) groups is 1. The number of hydrogen-bond acceptors (Lipinski definition) is 10. The molecule has 5 aromatic carbocycles. The summed E-state index contributed by atoms with van der Waals surface area (Å²) in [6, 6.07) is 45.6. The summed E-state index contributed by atoms with van der Waals surface area (Å²) in [5.41, 5.74) is 2.80. The van der Waals surface area contributed by atoms with Crippen molar-refractivity contribution in [1.29, 1.82) is 0 Å². The summed E-state index contributed by atoms with van der Waals surface area (Å²) in [7, 11) is 0. The van der Waals surface area contributed by atoms with Crippen molar-refractivity contribution >= 4 is 53.0 Å². The zero-order chi connectivity index (χ0) is 53.2. The number of rotatable bonds is 25. The first kappa shape index (κ1) is 57.0. The largest absolute Gasteiger partial charge is 0.460 e. The highest BCUT2D eigenvalue weighted by molar-refractivity contribution is 8.00. The Hall–Kier alpha value is -6.86. The second-order valence-electron chi connectivity index (χ2n) is 20.5. The van der Waals surface area contributed by atoms with E-state index in [2.05, 4.69) is 16.0 Å². The number of hydrogen-bond donors (Lipinski definition) is 3. The van der Waals surface area contributed by atoms with E-state index in [9.17, 15) is 33.6 Å². The van der Waals surface area contributed by atoms with E-state index in [0.717, 1.165) is 27.8 Å². The topological polar surface area (TPSA) is 174 Å². The first-order valence-electron chi connectivity index (χ1n) is 24.9. The minimum absolute atomic E-state index is 0.0870. The van der Waals surface area contributed by atoms with Gasteiger partial charge in [0.1, 0.15) is 28.8 Å². The lowest BCUT2D eigenvalue weighted by molar-refractivity contribution is -0.156. The van der Waals surface area contributed by atoms with Gasteiger partial charge in [0.2, 0.25) is 11.8 Å². The Morgan fingerprint density at radius 1 is 0.507 bits per heavy atom. The van der Waals surface area contributed by atoms with Crippen molar-refractivity contribution in [2.75, 3.05) is 12.3 Å². The Kier molecular flexibility index (Phi) is 20.9. The van der Waals surface area contributed by atoms with Gasteiger partial charge in [-0.15, -0.1) is 11.8 Å². The molecule has 0 saturated carbocycles. The zero-order valence-corrected chi connectivity index (χ0v) is 44.2. The van der Waals surface area contributed by atoms with Crippen molar-refractivity contribution in [3.63, 3.8) is 0 Å². The van der Waals surface area contributed by atoms with Gasteiger partial charge in [-0.1, -0.05) is 159 Å². The molecule has 0 aromatic heterocycles. The molecule has 5 atom stereocenters. The van der Waals surface area contributed by atoms with Gasteiger partial charge >= 0.3 is 12.1 Å². The summed E-state index contributed by atoms with van der Waals surface area (Å²) in [6.07, 6.45) is -1.28. The number of ether oxygens (including phenoxy) is 2. The maximum absolute atomic E-state index is 14.7. The van der Waals surface area contributed by atoms with Crippen molar-refractivity contribution in [1.82, 2.24) is 16.0 Å². The van der Waals surface area contributed by atoms with Crippen LogP contribution in [0.3, 0.4) is 0 Å². The third-order valence-electron chi connectivity index (χ3n) is 12.1. The van der Waals surface area contributed by atoms with Gasteiger partial charge in [-0.2, -0.15) is 0 Å². The van der Waals surface area contributed by atoms with Crippen LogP contribution < -0.4 is 16.0 Å². The van der Waals surface area contributed by atoms with Crippen LogP contribution in [0.2, 0.25) is 0 Å². The lowest BCUT2D eigenvalue weighted by Crippen LogP contribution is -2.57. The van der Waals surface area contributed by atoms with Crippen LogP contribution in [0.5, 0.6) is 0 Å². The number of alkyl carbamates (subject to hydrolysis) is 1. The molecular weight excluding hydrogens is 939 g/mol. The predicted octanol–water partition coefficient (Wildman–Crippen LogP) is 9.80.